The van der Waals surface area contributed by atoms with Crippen molar-refractivity contribution in [2.75, 3.05) is 0 Å². The van der Waals surface area contributed by atoms with E-state index in [0.29, 0.717) is 12.0 Å². The van der Waals surface area contributed by atoms with Crippen LogP contribution < -0.4 is 0 Å². The molecule has 110 valence electrons. The maximum absolute atomic E-state index is 10.9. The van der Waals surface area contributed by atoms with E-state index in [1.807, 2.05) is 30.3 Å². The smallest absolute Gasteiger partial charge is 0.339 e. The third kappa shape index (κ3) is 3.75. The van der Waals surface area contributed by atoms with E-state index in [9.17, 15) is 15.0 Å². The zero-order valence-corrected chi connectivity index (χ0v) is 11.8. The Morgan fingerprint density at radius 1 is 1.05 bits per heavy atom. The third-order valence-corrected chi connectivity index (χ3v) is 3.42. The van der Waals surface area contributed by atoms with Crippen LogP contribution in [0, 0.1) is 5.92 Å². The quantitative estimate of drug-likeness (QED) is 0.737. The van der Waals surface area contributed by atoms with Crippen LogP contribution in [0.1, 0.15) is 28.4 Å². The second kappa shape index (κ2) is 6.31. The minimum Gasteiger partial charge on any atom is -0.508 e. The SMILES string of the molecule is CC(Cc1ccccc1)Cc1cc(O)c(C(=O)O)cc1O. The molecule has 0 radical (unpaired) electrons. The number of hydrogen-bond acceptors (Lipinski definition) is 3. The molecular weight excluding hydrogens is 268 g/mol. The molecule has 4 heteroatoms. The Balaban J connectivity index is 2.12. The first-order valence-corrected chi connectivity index (χ1v) is 6.79. The molecule has 0 aliphatic rings. The number of rotatable bonds is 5. The van der Waals surface area contributed by atoms with Gasteiger partial charge in [-0.1, -0.05) is 37.3 Å². The molecule has 2 aromatic rings. The summed E-state index contributed by atoms with van der Waals surface area (Å²) in [4.78, 5) is 10.9. The topological polar surface area (TPSA) is 77.8 Å². The van der Waals surface area contributed by atoms with Crippen LogP contribution in [0.25, 0.3) is 0 Å². The normalized spacial score (nSPS) is 12.0. The third-order valence-electron chi connectivity index (χ3n) is 3.42. The molecule has 4 nitrogen and oxygen atoms in total. The number of aromatic carboxylic acids is 1. The zero-order valence-electron chi connectivity index (χ0n) is 11.8. The Labute approximate surface area is 123 Å². The van der Waals surface area contributed by atoms with Gasteiger partial charge < -0.3 is 15.3 Å². The molecule has 0 saturated carbocycles. The summed E-state index contributed by atoms with van der Waals surface area (Å²) in [6.45, 7) is 2.05. The number of phenols is 2. The molecule has 0 spiro atoms. The Morgan fingerprint density at radius 3 is 2.33 bits per heavy atom. The molecule has 0 amide bonds. The first-order valence-electron chi connectivity index (χ1n) is 6.79. The van der Waals surface area contributed by atoms with Crippen molar-refractivity contribution >= 4 is 5.97 Å². The van der Waals surface area contributed by atoms with Crippen LogP contribution in [0.5, 0.6) is 11.5 Å². The van der Waals surface area contributed by atoms with Gasteiger partial charge in [0, 0.05) is 0 Å². The molecule has 0 heterocycles. The lowest BCUT2D eigenvalue weighted by molar-refractivity contribution is 0.0693. The van der Waals surface area contributed by atoms with E-state index in [2.05, 4.69) is 6.92 Å². The summed E-state index contributed by atoms with van der Waals surface area (Å²) < 4.78 is 0. The predicted molar refractivity (Wildman–Crippen MR) is 79.7 cm³/mol. The maximum Gasteiger partial charge on any atom is 0.339 e. The van der Waals surface area contributed by atoms with Gasteiger partial charge in [-0.15, -0.1) is 0 Å². The number of carboxylic acids is 1. The second-order valence-electron chi connectivity index (χ2n) is 5.30. The van der Waals surface area contributed by atoms with E-state index in [-0.39, 0.29) is 23.0 Å². The van der Waals surface area contributed by atoms with E-state index >= 15 is 0 Å². The van der Waals surface area contributed by atoms with Crippen molar-refractivity contribution in [2.45, 2.75) is 19.8 Å². The Morgan fingerprint density at radius 2 is 1.71 bits per heavy atom. The molecule has 0 saturated heterocycles. The van der Waals surface area contributed by atoms with Crippen LogP contribution in [0.15, 0.2) is 42.5 Å². The fraction of sp³-hybridized carbons (Fsp3) is 0.235. The predicted octanol–water partition coefficient (Wildman–Crippen LogP) is 3.22. The van der Waals surface area contributed by atoms with Gasteiger partial charge in [-0.25, -0.2) is 4.79 Å². The summed E-state index contributed by atoms with van der Waals surface area (Å²) in [5.41, 5.74) is 1.48. The lowest BCUT2D eigenvalue weighted by Crippen LogP contribution is -2.05. The van der Waals surface area contributed by atoms with Gasteiger partial charge in [0.1, 0.15) is 17.1 Å². The van der Waals surface area contributed by atoms with E-state index in [0.717, 1.165) is 12.5 Å². The highest BCUT2D eigenvalue weighted by Crippen LogP contribution is 2.29. The van der Waals surface area contributed by atoms with Gasteiger partial charge in [-0.3, -0.25) is 0 Å². The second-order valence-corrected chi connectivity index (χ2v) is 5.30. The van der Waals surface area contributed by atoms with Crippen LogP contribution in [0.2, 0.25) is 0 Å². The van der Waals surface area contributed by atoms with Gasteiger partial charge >= 0.3 is 5.97 Å². The summed E-state index contributed by atoms with van der Waals surface area (Å²) in [7, 11) is 0. The number of aromatic hydroxyl groups is 2. The molecule has 1 atom stereocenters. The summed E-state index contributed by atoms with van der Waals surface area (Å²) in [5.74, 6) is -1.41. The van der Waals surface area contributed by atoms with Gasteiger partial charge in [0.2, 0.25) is 0 Å². The molecule has 3 N–H and O–H groups in total. The van der Waals surface area contributed by atoms with Crippen LogP contribution in [-0.2, 0) is 12.8 Å². The van der Waals surface area contributed by atoms with Crippen LogP contribution in [-0.4, -0.2) is 21.3 Å². The van der Waals surface area contributed by atoms with E-state index in [4.69, 9.17) is 5.11 Å². The lowest BCUT2D eigenvalue weighted by Gasteiger charge is -2.14. The van der Waals surface area contributed by atoms with E-state index in [1.165, 1.54) is 11.6 Å². The van der Waals surface area contributed by atoms with E-state index in [1.54, 1.807) is 0 Å². The molecule has 0 bridgehead atoms. The van der Waals surface area contributed by atoms with Crippen molar-refractivity contribution in [3.8, 4) is 11.5 Å². The van der Waals surface area contributed by atoms with Crippen molar-refractivity contribution in [3.05, 3.63) is 59.2 Å². The highest BCUT2D eigenvalue weighted by molar-refractivity contribution is 5.91. The summed E-state index contributed by atoms with van der Waals surface area (Å²) in [6.07, 6.45) is 1.41. The molecule has 0 fully saturated rings. The van der Waals surface area contributed by atoms with Crippen LogP contribution in [0.4, 0.5) is 0 Å². The number of carboxylic acid groups (broad SMARTS) is 1. The first kappa shape index (κ1) is 14.9. The maximum atomic E-state index is 10.9. The minimum atomic E-state index is -1.26. The van der Waals surface area contributed by atoms with Gasteiger partial charge in [0.25, 0.3) is 0 Å². The Bertz CT molecular complexity index is 635. The van der Waals surface area contributed by atoms with Crippen molar-refractivity contribution in [1.29, 1.82) is 0 Å². The van der Waals surface area contributed by atoms with Crippen molar-refractivity contribution in [2.24, 2.45) is 5.92 Å². The molecule has 2 aromatic carbocycles. The minimum absolute atomic E-state index is 0.0925. The standard InChI is InChI=1S/C17H18O4/c1-11(7-12-5-3-2-4-6-12)8-13-9-16(19)14(17(20)21)10-15(13)18/h2-6,9-11,18-19H,7-8H2,1H3,(H,20,21). The Kier molecular flexibility index (Phi) is 4.48. The van der Waals surface area contributed by atoms with E-state index < -0.39 is 5.97 Å². The fourth-order valence-electron chi connectivity index (χ4n) is 2.42. The molecule has 0 aliphatic heterocycles. The van der Waals surface area contributed by atoms with Gasteiger partial charge in [-0.05, 0) is 42.0 Å². The van der Waals surface area contributed by atoms with Crippen LogP contribution in [0.3, 0.4) is 0 Å². The van der Waals surface area contributed by atoms with Crippen LogP contribution >= 0.6 is 0 Å². The molecule has 0 aromatic heterocycles. The number of phenolic OH excluding ortho intramolecular Hbond substituents is 1. The van der Waals surface area contributed by atoms with Gasteiger partial charge in [0.05, 0.1) is 0 Å². The molecular formula is C17H18O4. The summed E-state index contributed by atoms with van der Waals surface area (Å²) >= 11 is 0. The Hall–Kier alpha value is -2.49. The van der Waals surface area contributed by atoms with Gasteiger partial charge in [-0.2, -0.15) is 0 Å². The molecule has 2 rings (SSSR count). The summed E-state index contributed by atoms with van der Waals surface area (Å²) in [5, 5.41) is 28.5. The monoisotopic (exact) mass is 286 g/mol. The fourth-order valence-corrected chi connectivity index (χ4v) is 2.42. The number of benzene rings is 2. The zero-order chi connectivity index (χ0) is 15.4. The lowest BCUT2D eigenvalue weighted by atomic mass is 9.93. The average Bonchev–Trinajstić information content (AvgIpc) is 2.43. The molecule has 1 unspecified atom stereocenters. The van der Waals surface area contributed by atoms with Crippen molar-refractivity contribution in [1.82, 2.24) is 0 Å². The molecule has 21 heavy (non-hydrogen) atoms. The highest BCUT2D eigenvalue weighted by Gasteiger charge is 2.16. The highest BCUT2D eigenvalue weighted by atomic mass is 16.4. The first-order chi connectivity index (χ1) is 9.97. The molecule has 0 aliphatic carbocycles. The average molecular weight is 286 g/mol. The van der Waals surface area contributed by atoms with Crippen molar-refractivity contribution in [3.63, 3.8) is 0 Å². The largest absolute Gasteiger partial charge is 0.508 e. The van der Waals surface area contributed by atoms with Crippen molar-refractivity contribution < 1.29 is 20.1 Å². The van der Waals surface area contributed by atoms with Gasteiger partial charge in [0.15, 0.2) is 0 Å². The number of carbonyl (C=O) groups is 1. The summed E-state index contributed by atoms with van der Waals surface area (Å²) in [6, 6.07) is 12.4. The number of hydrogen-bond donors (Lipinski definition) is 3.